The van der Waals surface area contributed by atoms with Gasteiger partial charge in [-0.15, -0.1) is 0 Å². The number of piperidine rings is 1. The zero-order valence-electron chi connectivity index (χ0n) is 21.4. The Kier molecular flexibility index (Phi) is 6.64. The Labute approximate surface area is 211 Å². The molecule has 2 heterocycles. The highest BCUT2D eigenvalue weighted by molar-refractivity contribution is 5.89. The summed E-state index contributed by atoms with van der Waals surface area (Å²) in [4.78, 5) is 28.1. The third kappa shape index (κ3) is 4.66. The van der Waals surface area contributed by atoms with Crippen LogP contribution in [0.1, 0.15) is 61.3 Å². The van der Waals surface area contributed by atoms with Gasteiger partial charge in [-0.05, 0) is 68.9 Å². The van der Waals surface area contributed by atoms with Crippen LogP contribution in [0, 0.1) is 19.8 Å². The molecule has 2 aromatic carbocycles. The average molecular weight is 490 g/mol. The first-order chi connectivity index (χ1) is 17.2. The van der Waals surface area contributed by atoms with E-state index in [1.54, 1.807) is 6.92 Å². The van der Waals surface area contributed by atoms with Crippen LogP contribution < -0.4 is 10.4 Å². The van der Waals surface area contributed by atoms with Crippen LogP contribution in [0.15, 0.2) is 51.7 Å². The maximum absolute atomic E-state index is 13.4. The summed E-state index contributed by atoms with van der Waals surface area (Å²) < 4.78 is 12.0. The highest BCUT2D eigenvalue weighted by Gasteiger charge is 2.44. The lowest BCUT2D eigenvalue weighted by molar-refractivity contribution is -0.149. The molecule has 0 bridgehead atoms. The van der Waals surface area contributed by atoms with E-state index in [1.807, 2.05) is 61.2 Å². The van der Waals surface area contributed by atoms with E-state index in [0.29, 0.717) is 42.8 Å². The molecular formula is C30H35NO5. The van der Waals surface area contributed by atoms with E-state index in [2.05, 4.69) is 0 Å². The zero-order chi connectivity index (χ0) is 25.4. The number of hydrogen-bond donors (Lipinski definition) is 1. The minimum absolute atomic E-state index is 0.0724. The molecule has 2 fully saturated rings. The van der Waals surface area contributed by atoms with Crippen LogP contribution >= 0.6 is 0 Å². The number of ether oxygens (including phenoxy) is 1. The predicted octanol–water partition coefficient (Wildman–Crippen LogP) is 4.92. The molecule has 6 heteroatoms. The van der Waals surface area contributed by atoms with Gasteiger partial charge in [0.1, 0.15) is 11.3 Å². The van der Waals surface area contributed by atoms with E-state index in [0.717, 1.165) is 47.8 Å². The third-order valence-corrected chi connectivity index (χ3v) is 8.10. The molecule has 6 nitrogen and oxygen atoms in total. The summed E-state index contributed by atoms with van der Waals surface area (Å²) in [5, 5.41) is 11.7. The average Bonchev–Trinajstić information content (AvgIpc) is 2.85. The summed E-state index contributed by atoms with van der Waals surface area (Å²) in [5.41, 5.74) is 2.81. The number of hydrogen-bond acceptors (Lipinski definition) is 5. The molecule has 1 N–H and O–H groups in total. The van der Waals surface area contributed by atoms with Crippen LogP contribution in [0.25, 0.3) is 11.0 Å². The summed E-state index contributed by atoms with van der Waals surface area (Å²) in [6.07, 6.45) is 4.33. The SMILES string of the molecule is Cc1cc(OC(C)C(=O)N2CC[C@@]3(O)CCCC[C@H]3C2)c2c(C)c(Cc3ccccc3)c(=O)oc2c1. The first-order valence-electron chi connectivity index (χ1n) is 13.0. The van der Waals surface area contributed by atoms with Crippen molar-refractivity contribution in [1.82, 2.24) is 4.90 Å². The van der Waals surface area contributed by atoms with Gasteiger partial charge < -0.3 is 19.2 Å². The van der Waals surface area contributed by atoms with E-state index in [-0.39, 0.29) is 17.5 Å². The topological polar surface area (TPSA) is 80.0 Å². The van der Waals surface area contributed by atoms with Gasteiger partial charge in [-0.1, -0.05) is 43.2 Å². The number of carbonyl (C=O) groups excluding carboxylic acids is 1. The molecule has 3 atom stereocenters. The second-order valence-corrected chi connectivity index (χ2v) is 10.6. The lowest BCUT2D eigenvalue weighted by Crippen LogP contribution is -2.56. The molecule has 0 radical (unpaired) electrons. The van der Waals surface area contributed by atoms with E-state index < -0.39 is 11.7 Å². The summed E-state index contributed by atoms with van der Waals surface area (Å²) >= 11 is 0. The Morgan fingerprint density at radius 3 is 2.75 bits per heavy atom. The minimum atomic E-state index is -0.700. The molecule has 1 aromatic heterocycles. The van der Waals surface area contributed by atoms with E-state index >= 15 is 0 Å². The number of aliphatic hydroxyl groups is 1. The smallest absolute Gasteiger partial charge is 0.340 e. The van der Waals surface area contributed by atoms with Gasteiger partial charge in [-0.2, -0.15) is 0 Å². The number of fused-ring (bicyclic) bond motifs is 2. The van der Waals surface area contributed by atoms with Gasteiger partial charge >= 0.3 is 5.63 Å². The monoisotopic (exact) mass is 489 g/mol. The van der Waals surface area contributed by atoms with Gasteiger partial charge in [-0.3, -0.25) is 4.79 Å². The second-order valence-electron chi connectivity index (χ2n) is 10.6. The Balaban J connectivity index is 1.42. The fraction of sp³-hybridized carbons (Fsp3) is 0.467. The van der Waals surface area contributed by atoms with Crippen molar-refractivity contribution in [1.29, 1.82) is 0 Å². The molecular weight excluding hydrogens is 454 g/mol. The maximum atomic E-state index is 13.4. The molecule has 1 saturated heterocycles. The zero-order valence-corrected chi connectivity index (χ0v) is 21.4. The van der Waals surface area contributed by atoms with E-state index in [4.69, 9.17) is 9.15 Å². The molecule has 36 heavy (non-hydrogen) atoms. The van der Waals surface area contributed by atoms with Crippen LogP contribution in [0.4, 0.5) is 0 Å². The molecule has 1 aliphatic heterocycles. The number of rotatable bonds is 5. The Morgan fingerprint density at radius 1 is 1.19 bits per heavy atom. The van der Waals surface area contributed by atoms with Crippen molar-refractivity contribution >= 4 is 16.9 Å². The highest BCUT2D eigenvalue weighted by Crippen LogP contribution is 2.40. The largest absolute Gasteiger partial charge is 0.480 e. The van der Waals surface area contributed by atoms with Crippen molar-refractivity contribution in [3.05, 3.63) is 75.1 Å². The molecule has 3 aromatic rings. The maximum Gasteiger partial charge on any atom is 0.340 e. The van der Waals surface area contributed by atoms with Crippen molar-refractivity contribution in [3.8, 4) is 5.75 Å². The van der Waals surface area contributed by atoms with Gasteiger partial charge in [0.15, 0.2) is 6.10 Å². The Bertz CT molecular complexity index is 1330. The minimum Gasteiger partial charge on any atom is -0.480 e. The van der Waals surface area contributed by atoms with Crippen molar-refractivity contribution in [3.63, 3.8) is 0 Å². The molecule has 1 amide bonds. The molecule has 190 valence electrons. The van der Waals surface area contributed by atoms with Crippen molar-refractivity contribution in [2.45, 2.75) is 71.0 Å². The van der Waals surface area contributed by atoms with Gasteiger partial charge in [-0.25, -0.2) is 4.79 Å². The van der Waals surface area contributed by atoms with Crippen LogP contribution in [-0.2, 0) is 11.2 Å². The number of amides is 1. The quantitative estimate of drug-likeness (QED) is 0.515. The molecule has 1 saturated carbocycles. The van der Waals surface area contributed by atoms with Gasteiger partial charge in [0.05, 0.1) is 11.0 Å². The molecule has 5 rings (SSSR count). The molecule has 1 aliphatic carbocycles. The lowest BCUT2D eigenvalue weighted by atomic mass is 9.71. The molecule has 0 spiro atoms. The molecule has 1 unspecified atom stereocenters. The lowest BCUT2D eigenvalue weighted by Gasteiger charge is -2.47. The van der Waals surface area contributed by atoms with Gasteiger partial charge in [0.2, 0.25) is 0 Å². The second kappa shape index (κ2) is 9.74. The summed E-state index contributed by atoms with van der Waals surface area (Å²) in [6.45, 7) is 6.73. The third-order valence-electron chi connectivity index (χ3n) is 8.10. The summed E-state index contributed by atoms with van der Waals surface area (Å²) in [7, 11) is 0. The van der Waals surface area contributed by atoms with Gasteiger partial charge in [0.25, 0.3) is 5.91 Å². The van der Waals surface area contributed by atoms with Crippen LogP contribution in [0.3, 0.4) is 0 Å². The Morgan fingerprint density at radius 2 is 1.97 bits per heavy atom. The number of carbonyl (C=O) groups is 1. The van der Waals surface area contributed by atoms with Crippen LogP contribution in [-0.4, -0.2) is 40.7 Å². The summed E-state index contributed by atoms with van der Waals surface area (Å²) in [6, 6.07) is 13.6. The fourth-order valence-electron chi connectivity index (χ4n) is 6.00. The first-order valence-corrected chi connectivity index (χ1v) is 13.0. The Hall–Kier alpha value is -3.12. The highest BCUT2D eigenvalue weighted by atomic mass is 16.5. The predicted molar refractivity (Wildman–Crippen MR) is 139 cm³/mol. The van der Waals surface area contributed by atoms with Gasteiger partial charge in [0, 0.05) is 31.0 Å². The van der Waals surface area contributed by atoms with Crippen molar-refractivity contribution in [2.75, 3.05) is 13.1 Å². The number of aryl methyl sites for hydroxylation is 2. The summed E-state index contributed by atoms with van der Waals surface area (Å²) in [5.74, 6) is 0.609. The fourth-order valence-corrected chi connectivity index (χ4v) is 6.00. The van der Waals surface area contributed by atoms with Crippen LogP contribution in [0.5, 0.6) is 5.75 Å². The van der Waals surface area contributed by atoms with E-state index in [9.17, 15) is 14.7 Å². The van der Waals surface area contributed by atoms with Crippen molar-refractivity contribution < 1.29 is 19.1 Å². The van der Waals surface area contributed by atoms with Crippen molar-refractivity contribution in [2.24, 2.45) is 5.92 Å². The van der Waals surface area contributed by atoms with Crippen LogP contribution in [0.2, 0.25) is 0 Å². The standard InChI is InChI=1S/C30H35NO5/c1-19-15-25(35-21(3)28(32)31-14-13-30(34)12-8-7-11-23(30)18-31)27-20(2)24(29(33)36-26(27)16-19)17-22-9-5-4-6-10-22/h4-6,9-10,15-16,21,23,34H,7-8,11-14,17-18H2,1-3H3/t21?,23-,30-/m0/s1. The molecule has 2 aliphatic rings. The number of benzene rings is 2. The normalized spacial score (nSPS) is 22.8. The number of likely N-dealkylation sites (tertiary alicyclic amines) is 1. The van der Waals surface area contributed by atoms with E-state index in [1.165, 1.54) is 0 Å². The first kappa shape index (κ1) is 24.6. The number of nitrogens with zero attached hydrogens (tertiary/aromatic N) is 1.